The molecule has 21 heavy (non-hydrogen) atoms. The first kappa shape index (κ1) is 15.8. The first-order valence-corrected chi connectivity index (χ1v) is 7.75. The lowest BCUT2D eigenvalue weighted by Crippen LogP contribution is -2.37. The zero-order chi connectivity index (χ0) is 15.1. The van der Waals surface area contributed by atoms with Crippen molar-refractivity contribution in [1.29, 1.82) is 0 Å². The van der Waals surface area contributed by atoms with Gasteiger partial charge < -0.3 is 9.73 Å². The first-order valence-electron chi connectivity index (χ1n) is 7.75. The Hall–Kier alpha value is -1.58. The Morgan fingerprint density at radius 1 is 1.10 bits per heavy atom. The van der Waals surface area contributed by atoms with Gasteiger partial charge in [-0.25, -0.2) is 0 Å². The smallest absolute Gasteiger partial charge is 0.117 e. The van der Waals surface area contributed by atoms with Gasteiger partial charge in [-0.1, -0.05) is 51.1 Å². The fraction of sp³-hybridized carbons (Fsp3) is 0.444. The molecule has 3 nitrogen and oxygen atoms in total. The lowest BCUT2D eigenvalue weighted by molar-refractivity contribution is 0.177. The molecule has 2 aromatic rings. The molecule has 0 aliphatic carbocycles. The number of hydrogen-bond donors (Lipinski definition) is 1. The molecular formula is C18H26N2O. The molecule has 1 N–H and O–H groups in total. The summed E-state index contributed by atoms with van der Waals surface area (Å²) in [5, 5.41) is 3.57. The third kappa shape index (κ3) is 4.73. The maximum atomic E-state index is 5.52. The van der Waals surface area contributed by atoms with E-state index in [-0.39, 0.29) is 0 Å². The Morgan fingerprint density at radius 3 is 2.43 bits per heavy atom. The predicted octanol–water partition coefficient (Wildman–Crippen LogP) is 3.84. The summed E-state index contributed by atoms with van der Waals surface area (Å²) in [6.07, 6.45) is 1.74. The quantitative estimate of drug-likeness (QED) is 0.799. The fourth-order valence-corrected chi connectivity index (χ4v) is 2.53. The maximum Gasteiger partial charge on any atom is 0.117 e. The van der Waals surface area contributed by atoms with Crippen LogP contribution < -0.4 is 5.32 Å². The molecule has 0 amide bonds. The van der Waals surface area contributed by atoms with Crippen LogP contribution in [0.5, 0.6) is 0 Å². The average Bonchev–Trinajstić information content (AvgIpc) is 3.00. The predicted molar refractivity (Wildman–Crippen MR) is 87.1 cm³/mol. The van der Waals surface area contributed by atoms with Crippen LogP contribution in [0.2, 0.25) is 0 Å². The van der Waals surface area contributed by atoms with Crippen LogP contribution in [0.4, 0.5) is 0 Å². The summed E-state index contributed by atoms with van der Waals surface area (Å²) in [7, 11) is 0. The van der Waals surface area contributed by atoms with Gasteiger partial charge >= 0.3 is 0 Å². The summed E-state index contributed by atoms with van der Waals surface area (Å²) < 4.78 is 5.52. The highest BCUT2D eigenvalue weighted by atomic mass is 16.3. The highest BCUT2D eigenvalue weighted by molar-refractivity contribution is 5.19. The molecular weight excluding hydrogens is 260 g/mol. The molecule has 1 aromatic carbocycles. The number of nitrogens with zero attached hydrogens (tertiary/aromatic N) is 1. The van der Waals surface area contributed by atoms with Crippen molar-refractivity contribution in [1.82, 2.24) is 10.2 Å². The van der Waals surface area contributed by atoms with Crippen LogP contribution in [0.15, 0.2) is 53.1 Å². The monoisotopic (exact) mass is 286 g/mol. The van der Waals surface area contributed by atoms with Crippen LogP contribution in [0, 0.1) is 0 Å². The van der Waals surface area contributed by atoms with Crippen LogP contribution in [0.25, 0.3) is 0 Å². The van der Waals surface area contributed by atoms with E-state index in [1.807, 2.05) is 12.1 Å². The largest absolute Gasteiger partial charge is 0.468 e. The van der Waals surface area contributed by atoms with Gasteiger partial charge in [-0.15, -0.1) is 0 Å². The van der Waals surface area contributed by atoms with E-state index >= 15 is 0 Å². The summed E-state index contributed by atoms with van der Waals surface area (Å²) in [4.78, 5) is 2.45. The van der Waals surface area contributed by atoms with E-state index < -0.39 is 0 Å². The lowest BCUT2D eigenvalue weighted by Gasteiger charge is -2.31. The zero-order valence-corrected chi connectivity index (χ0v) is 13.3. The van der Waals surface area contributed by atoms with Gasteiger partial charge in [0.1, 0.15) is 5.76 Å². The third-order valence-corrected chi connectivity index (χ3v) is 3.69. The van der Waals surface area contributed by atoms with Crippen molar-refractivity contribution >= 4 is 0 Å². The summed E-state index contributed by atoms with van der Waals surface area (Å²) in [5.74, 6) is 1.02. The number of rotatable bonds is 8. The van der Waals surface area contributed by atoms with Gasteiger partial charge in [0.25, 0.3) is 0 Å². The van der Waals surface area contributed by atoms with Crippen molar-refractivity contribution in [3.8, 4) is 0 Å². The van der Waals surface area contributed by atoms with E-state index in [1.165, 1.54) is 5.56 Å². The molecule has 0 aliphatic heterocycles. The molecule has 0 saturated heterocycles. The first-order chi connectivity index (χ1) is 10.2. The zero-order valence-electron chi connectivity index (χ0n) is 13.3. The van der Waals surface area contributed by atoms with Gasteiger partial charge in [0.05, 0.1) is 12.8 Å². The normalized spacial score (nSPS) is 13.0. The van der Waals surface area contributed by atoms with Gasteiger partial charge in [-0.3, -0.25) is 4.90 Å². The van der Waals surface area contributed by atoms with E-state index in [4.69, 9.17) is 4.42 Å². The molecule has 1 unspecified atom stereocenters. The number of furan rings is 1. The number of likely N-dealkylation sites (N-methyl/N-ethyl adjacent to an activating group) is 1. The van der Waals surface area contributed by atoms with Crippen molar-refractivity contribution in [2.45, 2.75) is 39.4 Å². The molecule has 0 bridgehead atoms. The standard InChI is InChI=1S/C18H26N2O/c1-4-20(14-17-11-8-12-21-17)18(13-19-15(2)3)16-9-6-5-7-10-16/h5-12,15,18-19H,4,13-14H2,1-3H3. The number of hydrogen-bond acceptors (Lipinski definition) is 3. The minimum absolute atomic E-state index is 0.351. The van der Waals surface area contributed by atoms with Gasteiger partial charge in [-0.2, -0.15) is 0 Å². The minimum atomic E-state index is 0.351. The van der Waals surface area contributed by atoms with E-state index in [0.29, 0.717) is 12.1 Å². The molecule has 2 rings (SSSR count). The third-order valence-electron chi connectivity index (χ3n) is 3.69. The molecule has 1 atom stereocenters. The van der Waals surface area contributed by atoms with E-state index in [9.17, 15) is 0 Å². The Bertz CT molecular complexity index is 493. The van der Waals surface area contributed by atoms with Crippen molar-refractivity contribution in [2.24, 2.45) is 0 Å². The molecule has 1 heterocycles. The molecule has 3 heteroatoms. The maximum absolute atomic E-state index is 5.52. The molecule has 0 radical (unpaired) electrons. The summed E-state index contributed by atoms with van der Waals surface area (Å²) in [6.45, 7) is 9.34. The molecule has 1 aromatic heterocycles. The summed E-state index contributed by atoms with van der Waals surface area (Å²) in [6, 6.07) is 15.5. The second-order valence-electron chi connectivity index (χ2n) is 5.63. The van der Waals surface area contributed by atoms with Crippen LogP contribution in [-0.2, 0) is 6.54 Å². The van der Waals surface area contributed by atoms with Crippen LogP contribution in [0.1, 0.15) is 38.1 Å². The van der Waals surface area contributed by atoms with Crippen LogP contribution in [0.3, 0.4) is 0 Å². The van der Waals surface area contributed by atoms with Gasteiger partial charge in [0.15, 0.2) is 0 Å². The summed E-state index contributed by atoms with van der Waals surface area (Å²) >= 11 is 0. The Labute approximate surface area is 128 Å². The minimum Gasteiger partial charge on any atom is -0.468 e. The Kier molecular flexibility index (Phi) is 6.03. The average molecular weight is 286 g/mol. The highest BCUT2D eigenvalue weighted by Crippen LogP contribution is 2.22. The second-order valence-corrected chi connectivity index (χ2v) is 5.63. The van der Waals surface area contributed by atoms with Gasteiger partial charge in [0.2, 0.25) is 0 Å². The van der Waals surface area contributed by atoms with Crippen LogP contribution in [-0.4, -0.2) is 24.0 Å². The van der Waals surface area contributed by atoms with Crippen molar-refractivity contribution in [3.05, 3.63) is 60.1 Å². The molecule has 0 spiro atoms. The summed E-state index contributed by atoms with van der Waals surface area (Å²) in [5.41, 5.74) is 1.35. The van der Waals surface area contributed by atoms with Crippen molar-refractivity contribution < 1.29 is 4.42 Å². The molecule has 0 saturated carbocycles. The number of benzene rings is 1. The van der Waals surface area contributed by atoms with E-state index in [1.54, 1.807) is 6.26 Å². The topological polar surface area (TPSA) is 28.4 Å². The molecule has 0 fully saturated rings. The highest BCUT2D eigenvalue weighted by Gasteiger charge is 2.20. The second kappa shape index (κ2) is 8.01. The van der Waals surface area contributed by atoms with E-state index in [0.717, 1.165) is 25.4 Å². The fourth-order valence-electron chi connectivity index (χ4n) is 2.53. The van der Waals surface area contributed by atoms with Crippen molar-refractivity contribution in [2.75, 3.05) is 13.1 Å². The lowest BCUT2D eigenvalue weighted by atomic mass is 10.0. The van der Waals surface area contributed by atoms with Crippen LogP contribution >= 0.6 is 0 Å². The van der Waals surface area contributed by atoms with Gasteiger partial charge in [-0.05, 0) is 24.2 Å². The Morgan fingerprint density at radius 2 is 1.86 bits per heavy atom. The van der Waals surface area contributed by atoms with Gasteiger partial charge in [0, 0.05) is 18.6 Å². The van der Waals surface area contributed by atoms with E-state index in [2.05, 4.69) is 61.3 Å². The molecule has 114 valence electrons. The molecule has 0 aliphatic rings. The van der Waals surface area contributed by atoms with Crippen molar-refractivity contribution in [3.63, 3.8) is 0 Å². The number of nitrogens with one attached hydrogen (secondary N) is 1. The SMILES string of the molecule is CCN(Cc1ccco1)C(CNC(C)C)c1ccccc1. The Balaban J connectivity index is 2.15.